The van der Waals surface area contributed by atoms with Crippen molar-refractivity contribution in [2.45, 2.75) is 153 Å². The Hall–Kier alpha value is -1.96. The lowest BCUT2D eigenvalue weighted by Gasteiger charge is -2.72. The molecule has 2 nitrogen and oxygen atoms in total. The van der Waals surface area contributed by atoms with Gasteiger partial charge in [-0.3, -0.25) is 0 Å². The van der Waals surface area contributed by atoms with Crippen molar-refractivity contribution >= 4 is 0 Å². The normalized spacial score (nSPS) is 35.8. The Morgan fingerprint density at radius 3 is 1.51 bits per heavy atom. The molecule has 222 valence electrons. The van der Waals surface area contributed by atoms with Crippen molar-refractivity contribution in [2.24, 2.45) is 16.7 Å². The van der Waals surface area contributed by atoms with E-state index < -0.39 is 0 Å². The number of rotatable bonds is 6. The van der Waals surface area contributed by atoms with E-state index in [0.29, 0.717) is 40.1 Å². The first-order valence-electron chi connectivity index (χ1n) is 17.4. The summed E-state index contributed by atoms with van der Waals surface area (Å²) >= 11 is 0. The van der Waals surface area contributed by atoms with E-state index in [1.54, 1.807) is 0 Å². The van der Waals surface area contributed by atoms with Crippen LogP contribution in [0.4, 0.5) is 0 Å². The highest BCUT2D eigenvalue weighted by molar-refractivity contribution is 5.48. The number of hydrogen-bond acceptors (Lipinski definition) is 2. The summed E-state index contributed by atoms with van der Waals surface area (Å²) in [5.74, 6) is 2.74. The molecule has 0 aromatic heterocycles. The maximum atomic E-state index is 11.1. The smallest absolute Gasteiger partial charge is 0.119 e. The zero-order valence-electron chi connectivity index (χ0n) is 26.1. The second kappa shape index (κ2) is 10.1. The first-order valence-corrected chi connectivity index (χ1v) is 17.4. The Morgan fingerprint density at radius 2 is 1.10 bits per heavy atom. The Bertz CT molecular complexity index is 1190. The lowest BCUT2D eigenvalue weighted by molar-refractivity contribution is -0.161. The third kappa shape index (κ3) is 4.48. The molecule has 6 fully saturated rings. The third-order valence-electron chi connectivity index (χ3n) is 13.6. The van der Waals surface area contributed by atoms with Crippen molar-refractivity contribution < 1.29 is 10.2 Å². The monoisotopic (exact) mass is 554 g/mol. The number of hydrogen-bond donors (Lipinski definition) is 2. The van der Waals surface area contributed by atoms with E-state index >= 15 is 0 Å². The maximum absolute atomic E-state index is 11.1. The largest absolute Gasteiger partial charge is 0.508 e. The summed E-state index contributed by atoms with van der Waals surface area (Å²) in [5, 5.41) is 22.2. The minimum Gasteiger partial charge on any atom is -0.508 e. The molecule has 8 rings (SSSR count). The summed E-state index contributed by atoms with van der Waals surface area (Å²) < 4.78 is 0. The van der Waals surface area contributed by atoms with Gasteiger partial charge in [-0.1, -0.05) is 90.0 Å². The van der Waals surface area contributed by atoms with Crippen molar-refractivity contribution in [3.8, 4) is 11.5 Å². The van der Waals surface area contributed by atoms with E-state index in [9.17, 15) is 10.2 Å². The molecule has 6 aliphatic rings. The Kier molecular flexibility index (Phi) is 6.83. The summed E-state index contributed by atoms with van der Waals surface area (Å²) in [7, 11) is 0. The van der Waals surface area contributed by atoms with Crippen LogP contribution >= 0.6 is 0 Å². The molecule has 0 aliphatic heterocycles. The van der Waals surface area contributed by atoms with E-state index in [1.165, 1.54) is 131 Å². The van der Waals surface area contributed by atoms with E-state index in [1.807, 2.05) is 0 Å². The van der Waals surface area contributed by atoms with Crippen LogP contribution in [-0.2, 0) is 10.8 Å². The predicted octanol–water partition coefficient (Wildman–Crippen LogP) is 10.8. The summed E-state index contributed by atoms with van der Waals surface area (Å²) in [5.41, 5.74) is 6.55. The van der Waals surface area contributed by atoms with Gasteiger partial charge in [0.1, 0.15) is 11.5 Å². The number of phenolic OH excluding ortho intramolecular Hbond substituents is 2. The minimum atomic E-state index is 0.162. The molecule has 2 aromatic carbocycles. The van der Waals surface area contributed by atoms with Gasteiger partial charge in [-0.25, -0.2) is 0 Å². The number of benzene rings is 2. The SMILES string of the molecule is CCC12CC3(c4ccc(O)c(C5CCCCC5)c4)CC(c4ccc(O)c(C5CCCCC5)c4)(C1)CC(C(C)C)(C2)C3. The zero-order valence-corrected chi connectivity index (χ0v) is 26.1. The van der Waals surface area contributed by atoms with Crippen molar-refractivity contribution in [1.29, 1.82) is 0 Å². The van der Waals surface area contributed by atoms with Crippen LogP contribution in [0.1, 0.15) is 164 Å². The van der Waals surface area contributed by atoms with Gasteiger partial charge in [0, 0.05) is 0 Å². The third-order valence-corrected chi connectivity index (χ3v) is 13.6. The van der Waals surface area contributed by atoms with Gasteiger partial charge in [-0.2, -0.15) is 0 Å². The fourth-order valence-corrected chi connectivity index (χ4v) is 11.8. The summed E-state index contributed by atoms with van der Waals surface area (Å²) in [6.45, 7) is 7.48. The number of aromatic hydroxyl groups is 2. The first-order chi connectivity index (χ1) is 19.7. The number of phenols is 2. The Morgan fingerprint density at radius 1 is 0.634 bits per heavy atom. The maximum Gasteiger partial charge on any atom is 0.119 e. The van der Waals surface area contributed by atoms with Crippen LogP contribution in [0.5, 0.6) is 11.5 Å². The van der Waals surface area contributed by atoms with Gasteiger partial charge in [-0.05, 0) is 138 Å². The molecule has 2 unspecified atom stereocenters. The molecule has 2 N–H and O–H groups in total. The lowest BCUT2D eigenvalue weighted by atomic mass is 9.32. The molecule has 2 aromatic rings. The van der Waals surface area contributed by atoms with Crippen LogP contribution in [0.2, 0.25) is 0 Å². The summed E-state index contributed by atoms with van der Waals surface area (Å²) in [6.07, 6.45) is 21.8. The fourth-order valence-electron chi connectivity index (χ4n) is 11.8. The van der Waals surface area contributed by atoms with Gasteiger partial charge >= 0.3 is 0 Å². The van der Waals surface area contributed by atoms with Crippen molar-refractivity contribution in [1.82, 2.24) is 0 Å². The van der Waals surface area contributed by atoms with Gasteiger partial charge in [-0.15, -0.1) is 0 Å². The standard InChI is InChI=1S/C39H54O2/c1-4-36-21-37(27(2)3)24-38(22-36,30-15-17-34(40)32(19-30)28-11-7-5-8-12-28)26-39(23-36,25-37)31-16-18-35(41)33(20-31)29-13-9-6-10-14-29/h15-20,27-29,40-41H,4-14,21-26H2,1-3H3. The lowest BCUT2D eigenvalue weighted by Crippen LogP contribution is -2.65. The second-order valence-electron chi connectivity index (χ2n) is 16.2. The summed E-state index contributed by atoms with van der Waals surface area (Å²) in [6, 6.07) is 13.8. The molecular weight excluding hydrogens is 500 g/mol. The van der Waals surface area contributed by atoms with Crippen LogP contribution in [0.15, 0.2) is 36.4 Å². The van der Waals surface area contributed by atoms with Crippen molar-refractivity contribution in [3.05, 3.63) is 58.7 Å². The quantitative estimate of drug-likeness (QED) is 0.373. The van der Waals surface area contributed by atoms with Crippen LogP contribution in [0, 0.1) is 16.7 Å². The van der Waals surface area contributed by atoms with Crippen molar-refractivity contribution in [3.63, 3.8) is 0 Å². The molecule has 4 bridgehead atoms. The van der Waals surface area contributed by atoms with Gasteiger partial charge in [0.2, 0.25) is 0 Å². The average Bonchev–Trinajstić information content (AvgIpc) is 2.98. The van der Waals surface area contributed by atoms with Gasteiger partial charge in [0.25, 0.3) is 0 Å². The topological polar surface area (TPSA) is 40.5 Å². The molecule has 0 saturated heterocycles. The summed E-state index contributed by atoms with van der Waals surface area (Å²) in [4.78, 5) is 0. The van der Waals surface area contributed by atoms with Crippen molar-refractivity contribution in [2.75, 3.05) is 0 Å². The fraction of sp³-hybridized carbons (Fsp3) is 0.692. The Balaban J connectivity index is 1.36. The predicted molar refractivity (Wildman–Crippen MR) is 169 cm³/mol. The molecule has 6 aliphatic carbocycles. The highest BCUT2D eigenvalue weighted by atomic mass is 16.3. The van der Waals surface area contributed by atoms with Gasteiger partial charge in [0.15, 0.2) is 0 Å². The molecule has 0 amide bonds. The van der Waals surface area contributed by atoms with E-state index in [2.05, 4.69) is 57.2 Å². The van der Waals surface area contributed by atoms with Gasteiger partial charge < -0.3 is 10.2 Å². The molecular formula is C39H54O2. The molecule has 0 heterocycles. The van der Waals surface area contributed by atoms with Crippen LogP contribution in [0.25, 0.3) is 0 Å². The molecule has 6 saturated carbocycles. The van der Waals surface area contributed by atoms with Crippen LogP contribution in [0.3, 0.4) is 0 Å². The molecule has 0 spiro atoms. The molecule has 2 atom stereocenters. The molecule has 0 radical (unpaired) electrons. The van der Waals surface area contributed by atoms with Gasteiger partial charge in [0.05, 0.1) is 0 Å². The Labute approximate surface area is 249 Å². The van der Waals surface area contributed by atoms with E-state index in [-0.39, 0.29) is 10.8 Å². The highest BCUT2D eigenvalue weighted by Crippen LogP contribution is 2.76. The van der Waals surface area contributed by atoms with Crippen LogP contribution in [-0.4, -0.2) is 10.2 Å². The zero-order chi connectivity index (χ0) is 28.5. The van der Waals surface area contributed by atoms with Crippen LogP contribution < -0.4 is 0 Å². The molecule has 2 heteroatoms. The second-order valence-corrected chi connectivity index (χ2v) is 16.2. The van der Waals surface area contributed by atoms with E-state index in [4.69, 9.17) is 0 Å². The average molecular weight is 555 g/mol. The molecule has 41 heavy (non-hydrogen) atoms. The first kappa shape index (κ1) is 27.8. The van der Waals surface area contributed by atoms with E-state index in [0.717, 1.165) is 0 Å². The minimum absolute atomic E-state index is 0.162. The highest BCUT2D eigenvalue weighted by Gasteiger charge is 2.68.